The summed E-state index contributed by atoms with van der Waals surface area (Å²) < 4.78 is 34.4. The van der Waals surface area contributed by atoms with Gasteiger partial charge >= 0.3 is 40.8 Å². The smallest absolute Gasteiger partial charge is 0.478 e. The molecule has 1 aliphatic rings. The fraction of sp³-hybridized carbons (Fsp3) is 0.400. The first-order chi connectivity index (χ1) is 24.1. The zero-order chi connectivity index (χ0) is 36.9. The molecule has 2 aromatic carbocycles. The van der Waals surface area contributed by atoms with E-state index in [-0.39, 0.29) is 72.7 Å². The van der Waals surface area contributed by atoms with Crippen LogP contribution >= 0.6 is 0 Å². The van der Waals surface area contributed by atoms with Crippen molar-refractivity contribution in [1.82, 2.24) is 25.3 Å². The number of aromatic carboxylic acids is 1. The summed E-state index contributed by atoms with van der Waals surface area (Å²) in [5, 5.41) is 13.2. The van der Waals surface area contributed by atoms with Gasteiger partial charge < -0.3 is 44.7 Å². The van der Waals surface area contributed by atoms with Crippen molar-refractivity contribution in [2.24, 2.45) is 17.3 Å². The van der Waals surface area contributed by atoms with Crippen LogP contribution in [0.1, 0.15) is 92.8 Å². The van der Waals surface area contributed by atoms with Crippen LogP contribution in [0.25, 0.3) is 17.3 Å². The molecule has 2 aromatic heterocycles. The number of rotatable bonds is 11. The summed E-state index contributed by atoms with van der Waals surface area (Å²) in [6.45, 7) is 14.9. The molecule has 0 spiro atoms. The van der Waals surface area contributed by atoms with Gasteiger partial charge in [-0.25, -0.2) is 4.79 Å². The summed E-state index contributed by atoms with van der Waals surface area (Å²) in [7, 11) is -4.12. The maximum atomic E-state index is 13.5. The third-order valence-electron chi connectivity index (χ3n) is 8.99. The predicted molar refractivity (Wildman–Crippen MR) is 201 cm³/mol. The van der Waals surface area contributed by atoms with Gasteiger partial charge in [-0.15, -0.1) is 10.4 Å². The zero-order valence-corrected chi connectivity index (χ0v) is 33.1. The molecule has 1 saturated heterocycles. The fourth-order valence-corrected chi connectivity index (χ4v) is 7.45. The minimum absolute atomic E-state index is 0. The Hall–Kier alpha value is -3.92. The van der Waals surface area contributed by atoms with Crippen LogP contribution in [0.4, 0.5) is 5.95 Å². The Bertz CT molecular complexity index is 1980. The average molecular weight is 734 g/mol. The van der Waals surface area contributed by atoms with Crippen LogP contribution in [0, 0.1) is 50.8 Å². The van der Waals surface area contributed by atoms with Gasteiger partial charge in [0.2, 0.25) is 5.88 Å². The van der Waals surface area contributed by atoms with Gasteiger partial charge in [0.1, 0.15) is 11.5 Å². The summed E-state index contributed by atoms with van der Waals surface area (Å²) in [5.41, 5.74) is 4.51. The molecule has 0 saturated carbocycles. The van der Waals surface area contributed by atoms with E-state index in [1.807, 2.05) is 38.1 Å². The van der Waals surface area contributed by atoms with Crippen LogP contribution in [-0.4, -0.2) is 52.1 Å². The molecule has 1 aliphatic heterocycles. The summed E-state index contributed by atoms with van der Waals surface area (Å²) >= 11 is 0. The number of carbonyl (C=O) groups is 1. The van der Waals surface area contributed by atoms with Crippen LogP contribution in [0.15, 0.2) is 59.6 Å². The molecule has 4 aromatic rings. The summed E-state index contributed by atoms with van der Waals surface area (Å²) in [6, 6.07) is 12.7. The topological polar surface area (TPSA) is 161 Å². The number of sulfonamides is 1. The van der Waals surface area contributed by atoms with Crippen LogP contribution in [0.5, 0.6) is 5.88 Å². The first-order valence-electron chi connectivity index (χ1n) is 17.2. The molecule has 0 amide bonds. The molecule has 11 nitrogen and oxygen atoms in total. The van der Waals surface area contributed by atoms with E-state index >= 15 is 0 Å². The van der Waals surface area contributed by atoms with Gasteiger partial charge in [-0.2, -0.15) is 30.0 Å². The Labute approximate surface area is 326 Å². The molecular formula is C40H50LiN6O5S-. The second-order valence-corrected chi connectivity index (χ2v) is 16.3. The largest absolute Gasteiger partial charge is 1.00 e. The normalized spacial score (nSPS) is 17.8. The van der Waals surface area contributed by atoms with Crippen molar-refractivity contribution in [1.29, 1.82) is 0 Å². The number of benzene rings is 2. The van der Waals surface area contributed by atoms with Gasteiger partial charge in [-0.05, 0) is 79.7 Å². The molecule has 278 valence electrons. The van der Waals surface area contributed by atoms with Gasteiger partial charge in [0, 0.05) is 23.7 Å². The molecule has 3 atom stereocenters. The molecule has 1 fully saturated rings. The molecule has 4 N–H and O–H groups in total. The van der Waals surface area contributed by atoms with E-state index in [1.54, 1.807) is 12.3 Å². The van der Waals surface area contributed by atoms with Crippen molar-refractivity contribution in [2.75, 3.05) is 6.61 Å². The number of quaternary nitrogens is 1. The first kappa shape index (κ1) is 43.5. The predicted octanol–water partition coefficient (Wildman–Crippen LogP) is 3.48. The van der Waals surface area contributed by atoms with Gasteiger partial charge in [0.15, 0.2) is 0 Å². The van der Waals surface area contributed by atoms with Crippen molar-refractivity contribution < 1.29 is 46.6 Å². The molecule has 5 rings (SSSR count). The SMILES string of the molecule is Cc1cccc(C)c1-c1cc(OC[C@@H]2N[C@H](c3cnc(C=[C-]C(C)(C)C)[c-]n3)CCC[C@H]2C(C)C)nc([NH2+]S(=O)(=O)c2cccc(C(=O)O)c2)n1.[CH3-].[Li+]. The molecule has 0 aliphatic carbocycles. The van der Waals surface area contributed by atoms with Crippen LogP contribution in [-0.2, 0) is 10.0 Å². The van der Waals surface area contributed by atoms with Gasteiger partial charge in [0.25, 0.3) is 0 Å². The maximum Gasteiger partial charge on any atom is 1.00 e. The van der Waals surface area contributed by atoms with Crippen molar-refractivity contribution in [2.45, 2.75) is 84.7 Å². The molecule has 0 unspecified atom stereocenters. The Balaban J connectivity index is 0.00000378. The minimum Gasteiger partial charge on any atom is -0.478 e. The van der Waals surface area contributed by atoms with Crippen molar-refractivity contribution in [3.63, 3.8) is 0 Å². The number of aryl methyl sites for hydroxylation is 2. The van der Waals surface area contributed by atoms with E-state index in [1.165, 1.54) is 18.2 Å². The van der Waals surface area contributed by atoms with Crippen molar-refractivity contribution >= 4 is 28.0 Å². The van der Waals surface area contributed by atoms with Gasteiger partial charge in [0.05, 0.1) is 11.3 Å². The standard InChI is InChI=1S/C39H46N6O5S.CH3.Li/c1-24(2)30-15-10-16-31(33-22-40-28(21-41-33)17-18-39(5,6)7)42-34(30)23-50-35-20-32(36-25(3)11-8-12-26(36)4)43-38(44-35)45-51(48,49)29-14-9-13-27(19-29)37(46)47;;/h8-9,11-14,17,19-20,22,24,30-31,34,42H,10,15-16,23H2,1-7H3,(H,46,47)(H,43,44,45);1H3;/q-2;-1;+1/p+1/t30-,31-,34-;;/m0../s1. The van der Waals surface area contributed by atoms with Crippen LogP contribution in [0.2, 0.25) is 0 Å². The molecule has 53 heavy (non-hydrogen) atoms. The molecule has 13 heteroatoms. The summed E-state index contributed by atoms with van der Waals surface area (Å²) in [5.74, 6) is -0.397. The van der Waals surface area contributed by atoms with Gasteiger partial charge in [-0.3, -0.25) is 0 Å². The summed E-state index contributed by atoms with van der Waals surface area (Å²) in [6.07, 6.45) is 12.9. The fourth-order valence-electron chi connectivity index (χ4n) is 6.37. The second kappa shape index (κ2) is 18.4. The number of carboxylic acid groups (broad SMARTS) is 1. The minimum atomic E-state index is -4.12. The Morgan fingerprint density at radius 2 is 1.81 bits per heavy atom. The average Bonchev–Trinajstić information content (AvgIpc) is 3.29. The number of ether oxygens (including phenoxy) is 1. The first-order valence-corrected chi connectivity index (χ1v) is 18.8. The number of nitrogens with two attached hydrogens (primary N) is 1. The van der Waals surface area contributed by atoms with E-state index in [2.05, 4.69) is 72.1 Å². The summed E-state index contributed by atoms with van der Waals surface area (Å²) in [4.78, 5) is 29.8. The van der Waals surface area contributed by atoms with E-state index in [4.69, 9.17) is 4.74 Å². The quantitative estimate of drug-likeness (QED) is 0.154. The molecule has 0 bridgehead atoms. The number of hydrogen-bond donors (Lipinski definition) is 3. The van der Waals surface area contributed by atoms with Crippen molar-refractivity contribution in [3.8, 4) is 17.1 Å². The number of allylic oxidation sites excluding steroid dienone is 1. The number of hydrogen-bond acceptors (Lipinski definition) is 9. The Kier molecular flexibility index (Phi) is 15.1. The van der Waals surface area contributed by atoms with E-state index in [9.17, 15) is 18.3 Å². The molecular weight excluding hydrogens is 683 g/mol. The Morgan fingerprint density at radius 1 is 1.11 bits per heavy atom. The second-order valence-electron chi connectivity index (χ2n) is 14.5. The van der Waals surface area contributed by atoms with Crippen LogP contribution < -0.4 is 33.6 Å². The molecule has 3 heterocycles. The number of nitrogens with zero attached hydrogens (tertiary/aromatic N) is 4. The Morgan fingerprint density at radius 3 is 2.43 bits per heavy atom. The maximum absolute atomic E-state index is 13.5. The monoisotopic (exact) mass is 733 g/mol. The van der Waals surface area contributed by atoms with Gasteiger partial charge in [-0.1, -0.05) is 65.3 Å². The number of primary sulfonamides is 1. The number of nitrogens with one attached hydrogen (secondary N) is 1. The number of carboxylic acids is 1. The third kappa shape index (κ3) is 11.5. The number of aromatic nitrogens is 4. The zero-order valence-electron chi connectivity index (χ0n) is 32.3. The van der Waals surface area contributed by atoms with E-state index < -0.39 is 16.0 Å². The van der Waals surface area contributed by atoms with Crippen LogP contribution in [0.3, 0.4) is 0 Å². The van der Waals surface area contributed by atoms with Crippen molar-refractivity contribution in [3.05, 3.63) is 103 Å². The van der Waals surface area contributed by atoms with E-state index in [0.29, 0.717) is 23.2 Å². The molecule has 0 radical (unpaired) electrons. The third-order valence-corrected chi connectivity index (χ3v) is 10.4. The van der Waals surface area contributed by atoms with E-state index in [0.717, 1.165) is 52.4 Å².